The van der Waals surface area contributed by atoms with Gasteiger partial charge >= 0.3 is 0 Å². The smallest absolute Gasteiger partial charge is 0.256 e. The Balaban J connectivity index is 1.50. The van der Waals surface area contributed by atoms with E-state index in [1.807, 2.05) is 56.3 Å². The standard InChI is InChI=1S/C21H22N2O2S/c1-21(2)17(18(24)22-13-12-14-8-4-3-5-9-14)23-19(25)15-10-6-7-11-16(15)20(23)26-21/h3-11,17,20H,12-13H2,1-2H3,(H,22,24). The topological polar surface area (TPSA) is 49.4 Å². The second-order valence-electron chi connectivity index (χ2n) is 7.30. The Hall–Kier alpha value is -2.27. The summed E-state index contributed by atoms with van der Waals surface area (Å²) in [6.07, 6.45) is 0.782. The molecular weight excluding hydrogens is 344 g/mol. The molecule has 26 heavy (non-hydrogen) atoms. The van der Waals surface area contributed by atoms with Gasteiger partial charge in [0, 0.05) is 16.9 Å². The number of fused-ring (bicyclic) bond motifs is 3. The molecular formula is C21H22N2O2S. The molecule has 2 aliphatic heterocycles. The monoisotopic (exact) mass is 366 g/mol. The van der Waals surface area contributed by atoms with E-state index in [0.717, 1.165) is 17.5 Å². The van der Waals surface area contributed by atoms with Gasteiger partial charge in [0.1, 0.15) is 11.4 Å². The minimum atomic E-state index is -0.465. The Morgan fingerprint density at radius 1 is 1.12 bits per heavy atom. The predicted octanol–water partition coefficient (Wildman–Crippen LogP) is 3.39. The second kappa shape index (κ2) is 6.47. The van der Waals surface area contributed by atoms with Crippen molar-refractivity contribution in [3.63, 3.8) is 0 Å². The molecule has 4 rings (SSSR count). The van der Waals surface area contributed by atoms with E-state index in [-0.39, 0.29) is 21.9 Å². The first kappa shape index (κ1) is 17.2. The van der Waals surface area contributed by atoms with Crippen molar-refractivity contribution in [2.24, 2.45) is 0 Å². The van der Waals surface area contributed by atoms with E-state index in [4.69, 9.17) is 0 Å². The lowest BCUT2D eigenvalue weighted by molar-refractivity contribution is -0.126. The van der Waals surface area contributed by atoms with E-state index in [1.54, 1.807) is 16.7 Å². The van der Waals surface area contributed by atoms with Crippen LogP contribution >= 0.6 is 11.8 Å². The van der Waals surface area contributed by atoms with Crippen LogP contribution in [0, 0.1) is 0 Å². The largest absolute Gasteiger partial charge is 0.354 e. The van der Waals surface area contributed by atoms with Crippen molar-refractivity contribution in [2.75, 3.05) is 6.54 Å². The molecule has 0 bridgehead atoms. The number of nitrogens with one attached hydrogen (secondary N) is 1. The molecule has 2 atom stereocenters. The number of thioether (sulfide) groups is 1. The number of nitrogens with zero attached hydrogens (tertiary/aromatic N) is 1. The van der Waals surface area contributed by atoms with Crippen molar-refractivity contribution in [2.45, 2.75) is 36.4 Å². The third-order valence-corrected chi connectivity index (χ3v) is 6.64. The van der Waals surface area contributed by atoms with Gasteiger partial charge in [-0.3, -0.25) is 9.59 Å². The molecule has 0 spiro atoms. The van der Waals surface area contributed by atoms with E-state index < -0.39 is 6.04 Å². The fourth-order valence-electron chi connectivity index (χ4n) is 3.88. The number of carbonyl (C=O) groups excluding carboxylic acids is 2. The van der Waals surface area contributed by atoms with Crippen molar-refractivity contribution in [3.8, 4) is 0 Å². The zero-order chi connectivity index (χ0) is 18.3. The summed E-state index contributed by atoms with van der Waals surface area (Å²) in [4.78, 5) is 27.7. The molecule has 1 saturated heterocycles. The zero-order valence-corrected chi connectivity index (χ0v) is 15.8. The third-order valence-electron chi connectivity index (χ3n) is 5.10. The van der Waals surface area contributed by atoms with Gasteiger partial charge in [-0.05, 0) is 37.5 Å². The summed E-state index contributed by atoms with van der Waals surface area (Å²) < 4.78 is -0.329. The van der Waals surface area contributed by atoms with Crippen LogP contribution in [0.2, 0.25) is 0 Å². The highest BCUT2D eigenvalue weighted by Crippen LogP contribution is 2.56. The molecule has 2 amide bonds. The fraction of sp³-hybridized carbons (Fsp3) is 0.333. The van der Waals surface area contributed by atoms with Gasteiger partial charge in [0.15, 0.2) is 0 Å². The molecule has 2 aliphatic rings. The maximum atomic E-state index is 13.0. The van der Waals surface area contributed by atoms with Crippen molar-refractivity contribution < 1.29 is 9.59 Å². The van der Waals surface area contributed by atoms with Gasteiger partial charge < -0.3 is 10.2 Å². The quantitative estimate of drug-likeness (QED) is 0.902. The van der Waals surface area contributed by atoms with Crippen LogP contribution in [0.5, 0.6) is 0 Å². The highest BCUT2D eigenvalue weighted by molar-refractivity contribution is 8.01. The van der Waals surface area contributed by atoms with Gasteiger partial charge in [-0.2, -0.15) is 0 Å². The summed E-state index contributed by atoms with van der Waals surface area (Å²) in [5, 5.41) is 2.97. The SMILES string of the molecule is CC1(C)SC2c3ccccc3C(=O)N2C1C(=O)NCCc1ccccc1. The maximum absolute atomic E-state index is 13.0. The molecule has 2 heterocycles. The number of hydrogen-bond donors (Lipinski definition) is 1. The molecule has 5 heteroatoms. The number of rotatable bonds is 4. The lowest BCUT2D eigenvalue weighted by Crippen LogP contribution is -2.52. The first-order chi connectivity index (χ1) is 12.5. The fourth-order valence-corrected chi connectivity index (χ4v) is 5.46. The Bertz CT molecular complexity index is 850. The van der Waals surface area contributed by atoms with E-state index in [1.165, 1.54) is 5.56 Å². The van der Waals surface area contributed by atoms with Crippen LogP contribution in [0.4, 0.5) is 0 Å². The maximum Gasteiger partial charge on any atom is 0.256 e. The highest BCUT2D eigenvalue weighted by atomic mass is 32.2. The first-order valence-electron chi connectivity index (χ1n) is 8.90. The molecule has 0 saturated carbocycles. The van der Waals surface area contributed by atoms with Crippen molar-refractivity contribution in [1.82, 2.24) is 10.2 Å². The molecule has 1 fully saturated rings. The third kappa shape index (κ3) is 2.80. The zero-order valence-electron chi connectivity index (χ0n) is 14.9. The summed E-state index contributed by atoms with van der Waals surface area (Å²) >= 11 is 1.70. The van der Waals surface area contributed by atoms with Gasteiger partial charge in [0.25, 0.3) is 5.91 Å². The van der Waals surface area contributed by atoms with Crippen LogP contribution in [0.15, 0.2) is 54.6 Å². The van der Waals surface area contributed by atoms with Crippen LogP contribution in [-0.2, 0) is 11.2 Å². The van der Waals surface area contributed by atoms with Gasteiger partial charge in [-0.15, -0.1) is 11.8 Å². The molecule has 2 unspecified atom stereocenters. The minimum Gasteiger partial charge on any atom is -0.354 e. The molecule has 0 aliphatic carbocycles. The van der Waals surface area contributed by atoms with Gasteiger partial charge in [0.2, 0.25) is 5.91 Å². The van der Waals surface area contributed by atoms with E-state index >= 15 is 0 Å². The predicted molar refractivity (Wildman–Crippen MR) is 104 cm³/mol. The highest BCUT2D eigenvalue weighted by Gasteiger charge is 2.57. The molecule has 0 aromatic heterocycles. The Kier molecular flexibility index (Phi) is 4.27. The molecule has 2 aromatic carbocycles. The summed E-state index contributed by atoms with van der Waals surface area (Å²) in [5.41, 5.74) is 2.94. The lowest BCUT2D eigenvalue weighted by atomic mass is 10.0. The van der Waals surface area contributed by atoms with Crippen molar-refractivity contribution >= 4 is 23.6 Å². The summed E-state index contributed by atoms with van der Waals surface area (Å²) in [6, 6.07) is 17.3. The summed E-state index contributed by atoms with van der Waals surface area (Å²) in [5.74, 6) is -0.103. The van der Waals surface area contributed by atoms with Crippen molar-refractivity contribution in [3.05, 3.63) is 71.3 Å². The Labute approximate surface area is 158 Å². The van der Waals surface area contributed by atoms with Gasteiger partial charge in [-0.25, -0.2) is 0 Å². The molecule has 4 nitrogen and oxygen atoms in total. The number of benzene rings is 2. The van der Waals surface area contributed by atoms with Crippen molar-refractivity contribution in [1.29, 1.82) is 0 Å². The average molecular weight is 366 g/mol. The number of carbonyl (C=O) groups is 2. The number of amides is 2. The van der Waals surface area contributed by atoms with E-state index in [9.17, 15) is 9.59 Å². The Morgan fingerprint density at radius 2 is 1.81 bits per heavy atom. The minimum absolute atomic E-state index is 0.0353. The van der Waals surface area contributed by atoms with Crippen LogP contribution in [-0.4, -0.2) is 34.0 Å². The van der Waals surface area contributed by atoms with Gasteiger partial charge in [-0.1, -0.05) is 48.5 Å². The normalized spacial score (nSPS) is 22.8. The first-order valence-corrected chi connectivity index (χ1v) is 9.78. The van der Waals surface area contributed by atoms with Crippen LogP contribution < -0.4 is 5.32 Å². The Morgan fingerprint density at radius 3 is 2.58 bits per heavy atom. The van der Waals surface area contributed by atoms with E-state index in [2.05, 4.69) is 17.4 Å². The molecule has 134 valence electrons. The summed E-state index contributed by atoms with van der Waals surface area (Å²) in [6.45, 7) is 4.67. The van der Waals surface area contributed by atoms with Gasteiger partial charge in [0.05, 0.1) is 0 Å². The average Bonchev–Trinajstić information content (AvgIpc) is 3.06. The van der Waals surface area contributed by atoms with Crippen LogP contribution in [0.3, 0.4) is 0 Å². The van der Waals surface area contributed by atoms with E-state index in [0.29, 0.717) is 6.54 Å². The molecule has 2 aromatic rings. The van der Waals surface area contributed by atoms with Crippen LogP contribution in [0.25, 0.3) is 0 Å². The summed E-state index contributed by atoms with van der Waals surface area (Å²) in [7, 11) is 0. The lowest BCUT2D eigenvalue weighted by Gasteiger charge is -2.29. The van der Waals surface area contributed by atoms with Crippen LogP contribution in [0.1, 0.15) is 40.7 Å². The number of hydrogen-bond acceptors (Lipinski definition) is 3. The molecule has 0 radical (unpaired) electrons. The second-order valence-corrected chi connectivity index (χ2v) is 9.04. The molecule has 1 N–H and O–H groups in total.